The standard InChI is InChI=1S/C19H21BrN2O3S/c1-2-11-22-17-9-7-14(12-15(17)8-10-19(22)23)13-21-26(24,25)18-6-4-3-5-16(18)20/h3-7,9,12,21H,2,8,10-11,13H2,1H3. The maximum Gasteiger partial charge on any atom is 0.241 e. The van der Waals surface area contributed by atoms with Crippen LogP contribution >= 0.6 is 15.9 Å². The van der Waals surface area contributed by atoms with Crippen LogP contribution in [0.2, 0.25) is 0 Å². The van der Waals surface area contributed by atoms with Crippen LogP contribution in [0, 0.1) is 0 Å². The molecule has 2 aromatic rings. The quantitative estimate of drug-likeness (QED) is 0.751. The van der Waals surface area contributed by atoms with Crippen LogP contribution in [0.25, 0.3) is 0 Å². The molecule has 0 unspecified atom stereocenters. The smallest absolute Gasteiger partial charge is 0.241 e. The molecule has 5 nitrogen and oxygen atoms in total. The summed E-state index contributed by atoms with van der Waals surface area (Å²) in [4.78, 5) is 14.2. The third-order valence-electron chi connectivity index (χ3n) is 4.38. The van der Waals surface area contributed by atoms with Crippen LogP contribution in [0.4, 0.5) is 5.69 Å². The van der Waals surface area contributed by atoms with Crippen molar-refractivity contribution in [3.63, 3.8) is 0 Å². The summed E-state index contributed by atoms with van der Waals surface area (Å²) in [6.45, 7) is 2.96. The number of sulfonamides is 1. The molecule has 1 aliphatic rings. The van der Waals surface area contributed by atoms with Crippen molar-refractivity contribution in [3.05, 3.63) is 58.1 Å². The molecule has 0 atom stereocenters. The Labute approximate surface area is 162 Å². The molecule has 0 saturated heterocycles. The highest BCUT2D eigenvalue weighted by molar-refractivity contribution is 9.10. The number of nitrogens with zero attached hydrogens (tertiary/aromatic N) is 1. The first-order chi connectivity index (χ1) is 12.4. The van der Waals surface area contributed by atoms with Gasteiger partial charge in [0.05, 0.1) is 4.90 Å². The molecule has 0 bridgehead atoms. The summed E-state index contributed by atoms with van der Waals surface area (Å²) in [6.07, 6.45) is 2.09. The van der Waals surface area contributed by atoms with Gasteiger partial charge in [-0.15, -0.1) is 0 Å². The summed E-state index contributed by atoms with van der Waals surface area (Å²) in [5.41, 5.74) is 2.92. The molecule has 1 amide bonds. The van der Waals surface area contributed by atoms with Crippen molar-refractivity contribution >= 4 is 37.5 Å². The highest BCUT2D eigenvalue weighted by Crippen LogP contribution is 2.29. The first-order valence-corrected chi connectivity index (χ1v) is 10.9. The molecule has 1 aliphatic heterocycles. The highest BCUT2D eigenvalue weighted by Gasteiger charge is 2.24. The average Bonchev–Trinajstić information content (AvgIpc) is 2.63. The van der Waals surface area contributed by atoms with E-state index in [2.05, 4.69) is 20.7 Å². The Kier molecular flexibility index (Phi) is 5.79. The van der Waals surface area contributed by atoms with Crippen LogP contribution in [0.15, 0.2) is 51.8 Å². The maximum atomic E-state index is 12.5. The highest BCUT2D eigenvalue weighted by atomic mass is 79.9. The largest absolute Gasteiger partial charge is 0.312 e. The Morgan fingerprint density at radius 3 is 2.65 bits per heavy atom. The van der Waals surface area contributed by atoms with Gasteiger partial charge < -0.3 is 4.90 Å². The van der Waals surface area contributed by atoms with Crippen molar-refractivity contribution in [1.82, 2.24) is 4.72 Å². The molecule has 2 aromatic carbocycles. The first-order valence-electron chi connectivity index (χ1n) is 8.58. The normalized spacial score (nSPS) is 14.4. The Bertz CT molecular complexity index is 928. The molecule has 3 rings (SSSR count). The number of carbonyl (C=O) groups is 1. The van der Waals surface area contributed by atoms with Gasteiger partial charge in [-0.2, -0.15) is 0 Å². The van der Waals surface area contributed by atoms with E-state index in [-0.39, 0.29) is 17.3 Å². The number of hydrogen-bond acceptors (Lipinski definition) is 3. The Hall–Kier alpha value is -1.70. The lowest BCUT2D eigenvalue weighted by Crippen LogP contribution is -2.35. The van der Waals surface area contributed by atoms with Crippen molar-refractivity contribution in [3.8, 4) is 0 Å². The van der Waals surface area contributed by atoms with Gasteiger partial charge >= 0.3 is 0 Å². The van der Waals surface area contributed by atoms with Crippen molar-refractivity contribution in [2.45, 2.75) is 37.6 Å². The molecule has 138 valence electrons. The van der Waals surface area contributed by atoms with Crippen LogP contribution < -0.4 is 9.62 Å². The predicted octanol–water partition coefficient (Wildman–Crippen LogP) is 3.62. The molecule has 0 spiro atoms. The van der Waals surface area contributed by atoms with Crippen LogP contribution in [0.1, 0.15) is 30.9 Å². The van der Waals surface area contributed by atoms with Gasteiger partial charge in [0, 0.05) is 29.7 Å². The minimum absolute atomic E-state index is 0.154. The third-order valence-corrected chi connectivity index (χ3v) is 6.80. The zero-order valence-corrected chi connectivity index (χ0v) is 16.9. The number of nitrogens with one attached hydrogen (secondary N) is 1. The molecule has 26 heavy (non-hydrogen) atoms. The fourth-order valence-corrected chi connectivity index (χ4v) is 5.13. The molecule has 0 aliphatic carbocycles. The number of fused-ring (bicyclic) bond motifs is 1. The van der Waals surface area contributed by atoms with Gasteiger partial charge in [0.25, 0.3) is 0 Å². The van der Waals surface area contributed by atoms with Gasteiger partial charge in [0.15, 0.2) is 0 Å². The van der Waals surface area contributed by atoms with Crippen molar-refractivity contribution in [2.75, 3.05) is 11.4 Å². The van der Waals surface area contributed by atoms with Gasteiger partial charge in [-0.05, 0) is 58.1 Å². The predicted molar refractivity (Wildman–Crippen MR) is 106 cm³/mol. The summed E-state index contributed by atoms with van der Waals surface area (Å²) < 4.78 is 28.2. The minimum Gasteiger partial charge on any atom is -0.312 e. The Morgan fingerprint density at radius 2 is 1.92 bits per heavy atom. The second kappa shape index (κ2) is 7.90. The number of halogens is 1. The number of carbonyl (C=O) groups excluding carboxylic acids is 1. The number of hydrogen-bond donors (Lipinski definition) is 1. The molecule has 7 heteroatoms. The van der Waals surface area contributed by atoms with Crippen LogP contribution in [0.3, 0.4) is 0 Å². The van der Waals surface area contributed by atoms with Crippen molar-refractivity contribution in [2.24, 2.45) is 0 Å². The number of benzene rings is 2. The van der Waals surface area contributed by atoms with E-state index in [0.717, 1.165) is 23.2 Å². The van der Waals surface area contributed by atoms with Crippen LogP contribution in [0.5, 0.6) is 0 Å². The van der Waals surface area contributed by atoms with E-state index < -0.39 is 10.0 Å². The lowest BCUT2D eigenvalue weighted by atomic mass is 9.98. The van der Waals surface area contributed by atoms with E-state index in [0.29, 0.717) is 23.9 Å². The van der Waals surface area contributed by atoms with Crippen LogP contribution in [-0.2, 0) is 27.8 Å². The fourth-order valence-electron chi connectivity index (χ4n) is 3.11. The van der Waals surface area contributed by atoms with Crippen molar-refractivity contribution in [1.29, 1.82) is 0 Å². The first kappa shape index (κ1) is 19.1. The lowest BCUT2D eigenvalue weighted by Gasteiger charge is -2.29. The minimum atomic E-state index is -3.60. The molecule has 0 saturated carbocycles. The second-order valence-corrected chi connectivity index (χ2v) is 8.85. The molecule has 0 aromatic heterocycles. The monoisotopic (exact) mass is 436 g/mol. The van der Waals surface area contributed by atoms with E-state index >= 15 is 0 Å². The van der Waals surface area contributed by atoms with E-state index in [1.54, 1.807) is 24.3 Å². The molecule has 1 heterocycles. The average molecular weight is 437 g/mol. The summed E-state index contributed by atoms with van der Waals surface area (Å²) in [5.74, 6) is 0.154. The molecular formula is C19H21BrN2O3S. The number of aryl methyl sites for hydroxylation is 1. The molecule has 0 fully saturated rings. The Balaban J connectivity index is 1.78. The van der Waals surface area contributed by atoms with Crippen molar-refractivity contribution < 1.29 is 13.2 Å². The van der Waals surface area contributed by atoms with Gasteiger partial charge in [0.2, 0.25) is 15.9 Å². The molecule has 1 N–H and O–H groups in total. The second-order valence-electron chi connectivity index (χ2n) is 6.26. The van der Waals surface area contributed by atoms with E-state index in [1.807, 2.05) is 30.0 Å². The zero-order valence-electron chi connectivity index (χ0n) is 14.5. The number of amides is 1. The van der Waals surface area contributed by atoms with E-state index in [1.165, 1.54) is 0 Å². The summed E-state index contributed by atoms with van der Waals surface area (Å²) in [6, 6.07) is 12.5. The SMILES string of the molecule is CCCN1C(=O)CCc2cc(CNS(=O)(=O)c3ccccc3Br)ccc21. The van der Waals surface area contributed by atoms with E-state index in [4.69, 9.17) is 0 Å². The zero-order chi connectivity index (χ0) is 18.7. The van der Waals surface area contributed by atoms with Gasteiger partial charge in [-0.1, -0.05) is 31.2 Å². The molecular weight excluding hydrogens is 416 g/mol. The van der Waals surface area contributed by atoms with Gasteiger partial charge in [-0.25, -0.2) is 13.1 Å². The lowest BCUT2D eigenvalue weighted by molar-refractivity contribution is -0.118. The van der Waals surface area contributed by atoms with Gasteiger partial charge in [0.1, 0.15) is 0 Å². The van der Waals surface area contributed by atoms with Crippen LogP contribution in [-0.4, -0.2) is 20.9 Å². The van der Waals surface area contributed by atoms with E-state index in [9.17, 15) is 13.2 Å². The maximum absolute atomic E-state index is 12.5. The summed E-state index contributed by atoms with van der Waals surface area (Å²) >= 11 is 3.28. The van der Waals surface area contributed by atoms with Gasteiger partial charge in [-0.3, -0.25) is 4.79 Å². The molecule has 0 radical (unpaired) electrons. The number of anilines is 1. The summed E-state index contributed by atoms with van der Waals surface area (Å²) in [7, 11) is -3.60. The third kappa shape index (κ3) is 4.00. The fraction of sp³-hybridized carbons (Fsp3) is 0.316. The number of rotatable bonds is 6. The Morgan fingerprint density at radius 1 is 1.15 bits per heavy atom. The summed E-state index contributed by atoms with van der Waals surface area (Å²) in [5, 5.41) is 0. The topological polar surface area (TPSA) is 66.5 Å².